The van der Waals surface area contributed by atoms with Crippen molar-refractivity contribution in [3.8, 4) is 23.3 Å². The van der Waals surface area contributed by atoms with Crippen molar-refractivity contribution in [3.63, 3.8) is 0 Å². The van der Waals surface area contributed by atoms with Gasteiger partial charge in [0.2, 0.25) is 11.8 Å². The van der Waals surface area contributed by atoms with Crippen molar-refractivity contribution < 1.29 is 13.9 Å². The fourth-order valence-corrected chi connectivity index (χ4v) is 2.68. The van der Waals surface area contributed by atoms with Gasteiger partial charge in [0.05, 0.1) is 24.1 Å². The SMILES string of the molecule is COc1ccc(-c2nnc(SCC(=O)Nc3ccccc3C#N)o2)cc1. The number of nitrogens with one attached hydrogen (secondary N) is 1. The van der Waals surface area contributed by atoms with Crippen LogP contribution in [0.3, 0.4) is 0 Å². The molecule has 1 amide bonds. The molecule has 0 aliphatic heterocycles. The first-order chi connectivity index (χ1) is 12.7. The second-order valence-electron chi connectivity index (χ2n) is 5.10. The summed E-state index contributed by atoms with van der Waals surface area (Å²) in [6, 6.07) is 16.1. The number of methoxy groups -OCH3 is 1. The molecule has 3 aromatic rings. The topological polar surface area (TPSA) is 101 Å². The zero-order valence-electron chi connectivity index (χ0n) is 13.8. The van der Waals surface area contributed by atoms with Crippen LogP contribution < -0.4 is 10.1 Å². The van der Waals surface area contributed by atoms with E-state index in [1.54, 1.807) is 43.5 Å². The first-order valence-electron chi connectivity index (χ1n) is 7.59. The molecule has 0 saturated carbocycles. The Kier molecular flexibility index (Phi) is 5.51. The molecule has 1 aromatic heterocycles. The smallest absolute Gasteiger partial charge is 0.277 e. The van der Waals surface area contributed by atoms with E-state index in [0.717, 1.165) is 23.1 Å². The van der Waals surface area contributed by atoms with Crippen LogP contribution in [-0.2, 0) is 4.79 Å². The third kappa shape index (κ3) is 4.20. The first-order valence-corrected chi connectivity index (χ1v) is 8.58. The van der Waals surface area contributed by atoms with Crippen molar-refractivity contribution in [2.45, 2.75) is 5.22 Å². The van der Waals surface area contributed by atoms with Crippen molar-refractivity contribution in [2.24, 2.45) is 0 Å². The lowest BCUT2D eigenvalue weighted by Gasteiger charge is -2.05. The molecule has 0 spiro atoms. The summed E-state index contributed by atoms with van der Waals surface area (Å²) in [7, 11) is 1.59. The number of amides is 1. The lowest BCUT2D eigenvalue weighted by molar-refractivity contribution is -0.113. The molecule has 1 N–H and O–H groups in total. The number of hydrogen-bond acceptors (Lipinski definition) is 7. The molecule has 0 radical (unpaired) electrons. The Morgan fingerprint density at radius 3 is 2.73 bits per heavy atom. The Labute approximate surface area is 154 Å². The van der Waals surface area contributed by atoms with Gasteiger partial charge in [0.1, 0.15) is 11.8 Å². The number of carbonyl (C=O) groups excluding carboxylic acids is 1. The van der Waals surface area contributed by atoms with Gasteiger partial charge >= 0.3 is 0 Å². The second-order valence-corrected chi connectivity index (χ2v) is 6.02. The third-order valence-corrected chi connectivity index (χ3v) is 4.21. The molecule has 0 fully saturated rings. The average Bonchev–Trinajstić information content (AvgIpc) is 3.16. The van der Waals surface area contributed by atoms with Gasteiger partial charge < -0.3 is 14.5 Å². The molecule has 2 aromatic carbocycles. The zero-order chi connectivity index (χ0) is 18.4. The molecule has 1 heterocycles. The van der Waals surface area contributed by atoms with E-state index in [4.69, 9.17) is 14.4 Å². The zero-order valence-corrected chi connectivity index (χ0v) is 14.6. The predicted molar refractivity (Wildman–Crippen MR) is 96.8 cm³/mol. The highest BCUT2D eigenvalue weighted by molar-refractivity contribution is 7.99. The maximum atomic E-state index is 12.1. The van der Waals surface area contributed by atoms with Crippen molar-refractivity contribution >= 4 is 23.4 Å². The monoisotopic (exact) mass is 366 g/mol. The molecule has 0 saturated heterocycles. The molecule has 26 heavy (non-hydrogen) atoms. The molecule has 130 valence electrons. The number of carbonyl (C=O) groups is 1. The molecule has 0 bridgehead atoms. The summed E-state index contributed by atoms with van der Waals surface area (Å²) in [5.41, 5.74) is 1.65. The quantitative estimate of drug-likeness (QED) is 0.668. The van der Waals surface area contributed by atoms with Gasteiger partial charge in [-0.15, -0.1) is 10.2 Å². The van der Waals surface area contributed by atoms with E-state index in [2.05, 4.69) is 15.5 Å². The average molecular weight is 366 g/mol. The summed E-state index contributed by atoms with van der Waals surface area (Å²) in [5, 5.41) is 19.9. The number of thioether (sulfide) groups is 1. The van der Waals surface area contributed by atoms with E-state index in [9.17, 15) is 4.79 Å². The summed E-state index contributed by atoms with van der Waals surface area (Å²) in [6.45, 7) is 0. The summed E-state index contributed by atoms with van der Waals surface area (Å²) in [4.78, 5) is 12.1. The van der Waals surface area contributed by atoms with E-state index in [1.807, 2.05) is 18.2 Å². The predicted octanol–water partition coefficient (Wildman–Crippen LogP) is 3.35. The lowest BCUT2D eigenvalue weighted by atomic mass is 10.2. The van der Waals surface area contributed by atoms with Crippen LogP contribution in [0.4, 0.5) is 5.69 Å². The van der Waals surface area contributed by atoms with Gasteiger partial charge in [-0.25, -0.2) is 0 Å². The second kappa shape index (κ2) is 8.18. The maximum Gasteiger partial charge on any atom is 0.277 e. The fraction of sp³-hybridized carbons (Fsp3) is 0.111. The van der Waals surface area contributed by atoms with Crippen molar-refractivity contribution in [3.05, 3.63) is 54.1 Å². The molecular formula is C18H14N4O3S. The Morgan fingerprint density at radius 1 is 1.23 bits per heavy atom. The molecule has 8 heteroatoms. The molecule has 0 aliphatic carbocycles. The molecule has 7 nitrogen and oxygen atoms in total. The standard InChI is InChI=1S/C18H14N4O3S/c1-24-14-8-6-12(7-9-14)17-21-22-18(25-17)26-11-16(23)20-15-5-3-2-4-13(15)10-19/h2-9H,11H2,1H3,(H,20,23). The van der Waals surface area contributed by atoms with Gasteiger partial charge in [-0.05, 0) is 36.4 Å². The van der Waals surface area contributed by atoms with Crippen LogP contribution in [0.15, 0.2) is 58.2 Å². The van der Waals surface area contributed by atoms with Crippen LogP contribution in [-0.4, -0.2) is 29.0 Å². The molecule has 0 atom stereocenters. The number of nitriles is 1. The lowest BCUT2D eigenvalue weighted by Crippen LogP contribution is -2.14. The number of aromatic nitrogens is 2. The minimum atomic E-state index is -0.262. The van der Waals surface area contributed by atoms with Gasteiger partial charge in [-0.2, -0.15) is 5.26 Å². The highest BCUT2D eigenvalue weighted by Crippen LogP contribution is 2.25. The summed E-state index contributed by atoms with van der Waals surface area (Å²) < 4.78 is 10.7. The van der Waals surface area contributed by atoms with Crippen molar-refractivity contribution in [2.75, 3.05) is 18.2 Å². The van der Waals surface area contributed by atoms with E-state index >= 15 is 0 Å². The molecule has 3 rings (SSSR count). The van der Waals surface area contributed by atoms with Crippen LogP contribution in [0.1, 0.15) is 5.56 Å². The molecule has 0 aliphatic rings. The first kappa shape index (κ1) is 17.5. The van der Waals surface area contributed by atoms with Crippen LogP contribution >= 0.6 is 11.8 Å². The fourth-order valence-electron chi connectivity index (χ4n) is 2.12. The van der Waals surface area contributed by atoms with Gasteiger partial charge in [-0.1, -0.05) is 23.9 Å². The van der Waals surface area contributed by atoms with Crippen LogP contribution in [0.25, 0.3) is 11.5 Å². The Bertz CT molecular complexity index is 948. The Morgan fingerprint density at radius 2 is 2.00 bits per heavy atom. The number of rotatable bonds is 6. The van der Waals surface area contributed by atoms with Crippen LogP contribution in [0.2, 0.25) is 0 Å². The molecular weight excluding hydrogens is 352 g/mol. The summed E-state index contributed by atoms with van der Waals surface area (Å²) in [5.74, 6) is 0.925. The summed E-state index contributed by atoms with van der Waals surface area (Å²) in [6.07, 6.45) is 0. The largest absolute Gasteiger partial charge is 0.497 e. The van der Waals surface area contributed by atoms with E-state index in [-0.39, 0.29) is 11.7 Å². The number of nitrogens with zero attached hydrogens (tertiary/aromatic N) is 3. The Hall–Kier alpha value is -3.31. The number of para-hydroxylation sites is 1. The highest BCUT2D eigenvalue weighted by atomic mass is 32.2. The minimum Gasteiger partial charge on any atom is -0.497 e. The maximum absolute atomic E-state index is 12.1. The minimum absolute atomic E-state index is 0.0873. The summed E-state index contributed by atoms with van der Waals surface area (Å²) >= 11 is 1.12. The van der Waals surface area contributed by atoms with Gasteiger partial charge in [0.15, 0.2) is 0 Å². The van der Waals surface area contributed by atoms with Crippen LogP contribution in [0.5, 0.6) is 5.75 Å². The highest BCUT2D eigenvalue weighted by Gasteiger charge is 2.12. The number of anilines is 1. The third-order valence-electron chi connectivity index (χ3n) is 3.39. The van der Waals surface area contributed by atoms with Gasteiger partial charge in [0, 0.05) is 5.56 Å². The van der Waals surface area contributed by atoms with E-state index in [0.29, 0.717) is 22.4 Å². The normalized spacial score (nSPS) is 10.2. The van der Waals surface area contributed by atoms with E-state index < -0.39 is 0 Å². The van der Waals surface area contributed by atoms with Crippen LogP contribution in [0, 0.1) is 11.3 Å². The number of benzene rings is 2. The number of hydrogen-bond donors (Lipinski definition) is 1. The number of ether oxygens (including phenoxy) is 1. The van der Waals surface area contributed by atoms with Gasteiger partial charge in [-0.3, -0.25) is 4.79 Å². The molecule has 0 unspecified atom stereocenters. The van der Waals surface area contributed by atoms with Crippen molar-refractivity contribution in [1.29, 1.82) is 5.26 Å². The van der Waals surface area contributed by atoms with E-state index in [1.165, 1.54) is 0 Å². The van der Waals surface area contributed by atoms with Gasteiger partial charge in [0.25, 0.3) is 5.22 Å². The Balaban J connectivity index is 1.59. The van der Waals surface area contributed by atoms with Crippen molar-refractivity contribution in [1.82, 2.24) is 10.2 Å².